The highest BCUT2D eigenvalue weighted by Crippen LogP contribution is 2.29. The van der Waals surface area contributed by atoms with Gasteiger partial charge in [0.15, 0.2) is 0 Å². The number of carbonyl (C=O) groups is 1. The van der Waals surface area contributed by atoms with Crippen molar-refractivity contribution in [2.24, 2.45) is 11.8 Å². The minimum Gasteiger partial charge on any atom is -0.450 e. The van der Waals surface area contributed by atoms with Gasteiger partial charge < -0.3 is 14.5 Å². The molecule has 1 heterocycles. The molecule has 1 aromatic carbocycles. The zero-order valence-corrected chi connectivity index (χ0v) is 19.1. The molecule has 29 heavy (non-hydrogen) atoms. The van der Waals surface area contributed by atoms with E-state index in [-0.39, 0.29) is 12.0 Å². The van der Waals surface area contributed by atoms with Crippen LogP contribution in [0.2, 0.25) is 0 Å². The molecule has 0 aromatic heterocycles. The van der Waals surface area contributed by atoms with E-state index in [1.807, 2.05) is 11.8 Å². The van der Waals surface area contributed by atoms with Crippen LogP contribution in [0.25, 0.3) is 5.57 Å². The van der Waals surface area contributed by atoms with Gasteiger partial charge in [0, 0.05) is 19.6 Å². The van der Waals surface area contributed by atoms with Gasteiger partial charge in [0.05, 0.1) is 6.61 Å². The molecular weight excluding hydrogens is 360 g/mol. The number of amides is 1. The van der Waals surface area contributed by atoms with Crippen LogP contribution in [-0.2, 0) is 11.2 Å². The number of allylic oxidation sites excluding steroid dienone is 1. The lowest BCUT2D eigenvalue weighted by molar-refractivity contribution is 0.0980. The van der Waals surface area contributed by atoms with E-state index in [0.29, 0.717) is 19.1 Å². The maximum Gasteiger partial charge on any atom is 0.409 e. The largest absolute Gasteiger partial charge is 0.450 e. The number of carbonyl (C=O) groups excluding carboxylic acids is 1. The van der Waals surface area contributed by atoms with Crippen LogP contribution in [-0.4, -0.2) is 55.2 Å². The van der Waals surface area contributed by atoms with Crippen molar-refractivity contribution in [1.29, 1.82) is 0 Å². The van der Waals surface area contributed by atoms with E-state index < -0.39 is 0 Å². The molecular formula is C25H40N2O2. The molecule has 0 saturated carbocycles. The first-order chi connectivity index (χ1) is 14.0. The summed E-state index contributed by atoms with van der Waals surface area (Å²) in [7, 11) is 0. The first kappa shape index (κ1) is 23.5. The Morgan fingerprint density at radius 2 is 1.83 bits per heavy atom. The molecule has 1 aliphatic heterocycles. The predicted octanol–water partition coefficient (Wildman–Crippen LogP) is 5.48. The number of rotatable bonds is 8. The SMILES string of the molecule is CCCN(CC)CCc1ccc(/C2=C/CC(C)CN(C(=O)OCC)CC2C)cc1. The molecule has 4 heteroatoms. The van der Waals surface area contributed by atoms with E-state index in [1.165, 1.54) is 29.7 Å². The summed E-state index contributed by atoms with van der Waals surface area (Å²) in [5.74, 6) is 0.720. The summed E-state index contributed by atoms with van der Waals surface area (Å²) in [6.07, 6.45) is 5.48. The zero-order valence-electron chi connectivity index (χ0n) is 19.1. The topological polar surface area (TPSA) is 32.8 Å². The molecule has 1 aromatic rings. The Bertz CT molecular complexity index is 653. The van der Waals surface area contributed by atoms with E-state index in [9.17, 15) is 4.79 Å². The Kier molecular flexibility index (Phi) is 9.72. The Balaban J connectivity index is 2.07. The number of nitrogens with zero attached hydrogens (tertiary/aromatic N) is 2. The zero-order chi connectivity index (χ0) is 21.2. The van der Waals surface area contributed by atoms with Crippen LogP contribution in [0.1, 0.15) is 58.6 Å². The first-order valence-electron chi connectivity index (χ1n) is 11.4. The third kappa shape index (κ3) is 7.18. The van der Waals surface area contributed by atoms with Crippen molar-refractivity contribution in [2.45, 2.75) is 53.9 Å². The highest BCUT2D eigenvalue weighted by molar-refractivity contribution is 5.71. The fourth-order valence-corrected chi connectivity index (χ4v) is 4.15. The molecule has 2 atom stereocenters. The second-order valence-electron chi connectivity index (χ2n) is 8.39. The van der Waals surface area contributed by atoms with Crippen LogP contribution < -0.4 is 0 Å². The van der Waals surface area contributed by atoms with Gasteiger partial charge in [-0.3, -0.25) is 0 Å². The van der Waals surface area contributed by atoms with Crippen molar-refractivity contribution in [3.63, 3.8) is 0 Å². The highest BCUT2D eigenvalue weighted by Gasteiger charge is 2.24. The highest BCUT2D eigenvalue weighted by atomic mass is 16.6. The van der Waals surface area contributed by atoms with Gasteiger partial charge in [0.2, 0.25) is 0 Å². The van der Waals surface area contributed by atoms with Crippen molar-refractivity contribution >= 4 is 11.7 Å². The van der Waals surface area contributed by atoms with E-state index in [2.05, 4.69) is 62.9 Å². The second-order valence-corrected chi connectivity index (χ2v) is 8.39. The van der Waals surface area contributed by atoms with E-state index in [1.54, 1.807) is 0 Å². The van der Waals surface area contributed by atoms with Gasteiger partial charge in [-0.2, -0.15) is 0 Å². The monoisotopic (exact) mass is 400 g/mol. The molecule has 162 valence electrons. The maximum absolute atomic E-state index is 12.3. The molecule has 0 bridgehead atoms. The molecule has 0 N–H and O–H groups in total. The average Bonchev–Trinajstić information content (AvgIpc) is 2.70. The summed E-state index contributed by atoms with van der Waals surface area (Å²) in [6.45, 7) is 16.1. The molecule has 1 aliphatic rings. The van der Waals surface area contributed by atoms with Crippen LogP contribution in [0.15, 0.2) is 30.3 Å². The van der Waals surface area contributed by atoms with Crippen molar-refractivity contribution in [2.75, 3.05) is 39.3 Å². The van der Waals surface area contributed by atoms with Crippen molar-refractivity contribution in [3.05, 3.63) is 41.5 Å². The summed E-state index contributed by atoms with van der Waals surface area (Å²) >= 11 is 0. The smallest absolute Gasteiger partial charge is 0.409 e. The second kappa shape index (κ2) is 12.0. The molecule has 4 nitrogen and oxygen atoms in total. The van der Waals surface area contributed by atoms with Gasteiger partial charge >= 0.3 is 6.09 Å². The molecule has 0 aliphatic carbocycles. The van der Waals surface area contributed by atoms with E-state index in [4.69, 9.17) is 4.74 Å². The third-order valence-corrected chi connectivity index (χ3v) is 5.81. The van der Waals surface area contributed by atoms with Gasteiger partial charge in [-0.25, -0.2) is 4.79 Å². The number of likely N-dealkylation sites (N-methyl/N-ethyl adjacent to an activating group) is 1. The lowest BCUT2D eigenvalue weighted by Gasteiger charge is -2.31. The van der Waals surface area contributed by atoms with Gasteiger partial charge in [-0.05, 0) is 67.8 Å². The minimum absolute atomic E-state index is 0.185. The predicted molar refractivity (Wildman–Crippen MR) is 122 cm³/mol. The van der Waals surface area contributed by atoms with E-state index >= 15 is 0 Å². The van der Waals surface area contributed by atoms with Crippen LogP contribution in [0.4, 0.5) is 4.79 Å². The summed E-state index contributed by atoms with van der Waals surface area (Å²) < 4.78 is 5.27. The molecule has 0 radical (unpaired) electrons. The molecule has 0 saturated heterocycles. The van der Waals surface area contributed by atoms with Gasteiger partial charge in [0.1, 0.15) is 0 Å². The first-order valence-corrected chi connectivity index (χ1v) is 11.4. The Labute approximate surface area is 177 Å². The quantitative estimate of drug-likeness (QED) is 0.579. The Hall–Kier alpha value is -1.81. The van der Waals surface area contributed by atoms with Crippen molar-refractivity contribution in [3.8, 4) is 0 Å². The third-order valence-electron chi connectivity index (χ3n) is 5.81. The van der Waals surface area contributed by atoms with Crippen LogP contribution in [0.5, 0.6) is 0 Å². The number of hydrogen-bond donors (Lipinski definition) is 0. The Morgan fingerprint density at radius 3 is 2.45 bits per heavy atom. The van der Waals surface area contributed by atoms with Crippen LogP contribution in [0.3, 0.4) is 0 Å². The summed E-state index contributed by atoms with van der Waals surface area (Å²) in [6, 6.07) is 9.06. The molecule has 2 unspecified atom stereocenters. The van der Waals surface area contributed by atoms with Gasteiger partial charge in [-0.15, -0.1) is 0 Å². The van der Waals surface area contributed by atoms with Crippen molar-refractivity contribution in [1.82, 2.24) is 9.80 Å². The lowest BCUT2D eigenvalue weighted by Crippen LogP contribution is -2.39. The van der Waals surface area contributed by atoms with Crippen LogP contribution in [0, 0.1) is 11.8 Å². The van der Waals surface area contributed by atoms with E-state index in [0.717, 1.165) is 32.5 Å². The summed E-state index contributed by atoms with van der Waals surface area (Å²) in [4.78, 5) is 16.7. The molecule has 1 amide bonds. The molecule has 2 rings (SSSR count). The maximum atomic E-state index is 12.3. The minimum atomic E-state index is -0.185. The fourth-order valence-electron chi connectivity index (χ4n) is 4.15. The molecule has 0 spiro atoms. The number of benzene rings is 1. The van der Waals surface area contributed by atoms with Crippen LogP contribution >= 0.6 is 0 Å². The normalized spacial score (nSPS) is 22.0. The Morgan fingerprint density at radius 1 is 1.10 bits per heavy atom. The van der Waals surface area contributed by atoms with Gasteiger partial charge in [0.25, 0.3) is 0 Å². The summed E-state index contributed by atoms with van der Waals surface area (Å²) in [5, 5.41) is 0. The standard InChI is InChI=1S/C25H40N2O2/c1-6-16-26(7-2)17-15-22-10-12-23(13-11-22)24-14-9-20(4)18-27(19-21(24)5)25(28)29-8-3/h10-14,20-21H,6-9,15-19H2,1-5H3/b24-14+. The fraction of sp³-hybridized carbons (Fsp3) is 0.640. The molecule has 0 fully saturated rings. The van der Waals surface area contributed by atoms with Gasteiger partial charge in [-0.1, -0.05) is 58.0 Å². The number of ether oxygens (including phenoxy) is 1. The average molecular weight is 401 g/mol. The lowest BCUT2D eigenvalue weighted by atomic mass is 9.88. The number of hydrogen-bond acceptors (Lipinski definition) is 3. The van der Waals surface area contributed by atoms with Crippen molar-refractivity contribution < 1.29 is 9.53 Å². The summed E-state index contributed by atoms with van der Waals surface area (Å²) in [5.41, 5.74) is 4.02.